The summed E-state index contributed by atoms with van der Waals surface area (Å²) in [5, 5.41) is 2.85. The summed E-state index contributed by atoms with van der Waals surface area (Å²) in [6, 6.07) is -0.369. The first kappa shape index (κ1) is 12.7. The zero-order valence-electron chi connectivity index (χ0n) is 10.2. The molecule has 17 heavy (non-hydrogen) atoms. The van der Waals surface area contributed by atoms with E-state index in [1.165, 1.54) is 0 Å². The molecular weight excluding hydrogens is 238 g/mol. The number of nitrogens with zero attached hydrogens (tertiary/aromatic N) is 1. The van der Waals surface area contributed by atoms with Crippen LogP contribution in [0.15, 0.2) is 0 Å². The molecule has 96 valence electrons. The maximum Gasteiger partial charge on any atom is 0.243 e. The van der Waals surface area contributed by atoms with E-state index >= 15 is 0 Å². The Hall–Kier alpha value is -0.750. The van der Waals surface area contributed by atoms with Crippen LogP contribution < -0.4 is 11.1 Å². The van der Waals surface area contributed by atoms with Crippen LogP contribution in [0.25, 0.3) is 0 Å². The largest absolute Gasteiger partial charge is 0.351 e. The molecule has 2 unspecified atom stereocenters. The van der Waals surface area contributed by atoms with Crippen molar-refractivity contribution >= 4 is 23.6 Å². The number of thioether (sulfide) groups is 1. The summed E-state index contributed by atoms with van der Waals surface area (Å²) < 4.78 is 0. The van der Waals surface area contributed by atoms with Gasteiger partial charge in [0.05, 0.1) is 4.87 Å². The summed E-state index contributed by atoms with van der Waals surface area (Å²) >= 11 is 1.70. The van der Waals surface area contributed by atoms with Crippen molar-refractivity contribution in [1.29, 1.82) is 0 Å². The molecule has 0 saturated carbocycles. The van der Waals surface area contributed by atoms with Gasteiger partial charge in [0.1, 0.15) is 6.04 Å². The SMILES string of the molecule is C[C@@H](CN)NC(=O)C1CSC2(C)CCC(=O)N12. The van der Waals surface area contributed by atoms with E-state index in [-0.39, 0.29) is 28.8 Å². The van der Waals surface area contributed by atoms with Gasteiger partial charge in [-0.3, -0.25) is 9.59 Å². The predicted octanol–water partition coefficient (Wildman–Crippen LogP) is -0.0962. The molecule has 2 saturated heterocycles. The first-order chi connectivity index (χ1) is 7.98. The minimum atomic E-state index is -0.325. The Kier molecular flexibility index (Phi) is 3.36. The van der Waals surface area contributed by atoms with Crippen LogP contribution in [0.2, 0.25) is 0 Å². The summed E-state index contributed by atoms with van der Waals surface area (Å²) in [4.78, 5) is 25.5. The minimum Gasteiger partial charge on any atom is -0.351 e. The average Bonchev–Trinajstić information content (AvgIpc) is 2.76. The van der Waals surface area contributed by atoms with Crippen molar-refractivity contribution < 1.29 is 9.59 Å². The number of amides is 2. The summed E-state index contributed by atoms with van der Waals surface area (Å²) in [6.45, 7) is 4.32. The molecule has 2 amide bonds. The number of nitrogens with two attached hydrogens (primary N) is 1. The number of hydrogen-bond donors (Lipinski definition) is 2. The van der Waals surface area contributed by atoms with E-state index in [1.807, 2.05) is 13.8 Å². The fourth-order valence-corrected chi connectivity index (χ4v) is 3.84. The number of carbonyl (C=O) groups is 2. The molecule has 2 aliphatic rings. The highest BCUT2D eigenvalue weighted by atomic mass is 32.2. The van der Waals surface area contributed by atoms with Gasteiger partial charge in [0.25, 0.3) is 0 Å². The molecule has 0 aromatic rings. The highest BCUT2D eigenvalue weighted by Crippen LogP contribution is 2.47. The molecule has 0 radical (unpaired) electrons. The van der Waals surface area contributed by atoms with Gasteiger partial charge in [-0.2, -0.15) is 0 Å². The lowest BCUT2D eigenvalue weighted by Gasteiger charge is -2.30. The van der Waals surface area contributed by atoms with Crippen molar-refractivity contribution in [2.75, 3.05) is 12.3 Å². The first-order valence-electron chi connectivity index (χ1n) is 5.94. The number of fused-ring (bicyclic) bond motifs is 1. The zero-order valence-corrected chi connectivity index (χ0v) is 11.0. The van der Waals surface area contributed by atoms with E-state index in [2.05, 4.69) is 5.32 Å². The van der Waals surface area contributed by atoms with Crippen molar-refractivity contribution in [2.45, 2.75) is 43.6 Å². The van der Waals surface area contributed by atoms with Crippen LogP contribution in [0.4, 0.5) is 0 Å². The second-order valence-corrected chi connectivity index (χ2v) is 6.41. The molecule has 0 aromatic carbocycles. The second-order valence-electron chi connectivity index (χ2n) is 4.91. The lowest BCUT2D eigenvalue weighted by atomic mass is 10.2. The third-order valence-corrected chi connectivity index (χ3v) is 4.99. The summed E-state index contributed by atoms with van der Waals surface area (Å²) in [6.07, 6.45) is 1.40. The Bertz CT molecular complexity index is 350. The Morgan fingerprint density at radius 2 is 2.47 bits per heavy atom. The van der Waals surface area contributed by atoms with E-state index in [9.17, 15) is 9.59 Å². The van der Waals surface area contributed by atoms with E-state index in [0.29, 0.717) is 18.7 Å². The molecule has 0 aliphatic carbocycles. The van der Waals surface area contributed by atoms with E-state index in [1.54, 1.807) is 16.7 Å². The van der Waals surface area contributed by atoms with Gasteiger partial charge in [-0.1, -0.05) is 0 Å². The lowest BCUT2D eigenvalue weighted by molar-refractivity contribution is -0.138. The molecule has 2 heterocycles. The van der Waals surface area contributed by atoms with Gasteiger partial charge in [0.2, 0.25) is 11.8 Å². The molecule has 3 atom stereocenters. The van der Waals surface area contributed by atoms with Gasteiger partial charge in [-0.25, -0.2) is 0 Å². The smallest absolute Gasteiger partial charge is 0.243 e. The van der Waals surface area contributed by atoms with E-state index in [4.69, 9.17) is 5.73 Å². The quantitative estimate of drug-likeness (QED) is 0.740. The van der Waals surface area contributed by atoms with Gasteiger partial charge in [0, 0.05) is 24.8 Å². The monoisotopic (exact) mass is 257 g/mol. The fraction of sp³-hybridized carbons (Fsp3) is 0.818. The van der Waals surface area contributed by atoms with Crippen LogP contribution in [-0.2, 0) is 9.59 Å². The number of carbonyl (C=O) groups excluding carboxylic acids is 2. The van der Waals surface area contributed by atoms with Crippen LogP contribution in [0.5, 0.6) is 0 Å². The third kappa shape index (κ3) is 2.15. The predicted molar refractivity (Wildman–Crippen MR) is 67.4 cm³/mol. The molecule has 3 N–H and O–H groups in total. The summed E-state index contributed by atoms with van der Waals surface area (Å²) in [7, 11) is 0. The minimum absolute atomic E-state index is 0.0444. The van der Waals surface area contributed by atoms with Crippen LogP contribution in [0.1, 0.15) is 26.7 Å². The molecule has 6 heteroatoms. The van der Waals surface area contributed by atoms with Crippen molar-refractivity contribution in [2.24, 2.45) is 5.73 Å². The van der Waals surface area contributed by atoms with Gasteiger partial charge >= 0.3 is 0 Å². The van der Waals surface area contributed by atoms with Gasteiger partial charge in [-0.05, 0) is 20.3 Å². The maximum absolute atomic E-state index is 12.1. The van der Waals surface area contributed by atoms with Crippen molar-refractivity contribution in [3.05, 3.63) is 0 Å². The Morgan fingerprint density at radius 3 is 3.12 bits per heavy atom. The van der Waals surface area contributed by atoms with Gasteiger partial charge in [0.15, 0.2) is 0 Å². The summed E-state index contributed by atoms with van der Waals surface area (Å²) in [5.74, 6) is 0.707. The lowest BCUT2D eigenvalue weighted by Crippen LogP contribution is -2.52. The molecular formula is C11H19N3O2S. The molecule has 5 nitrogen and oxygen atoms in total. The van der Waals surface area contributed by atoms with Crippen LogP contribution >= 0.6 is 11.8 Å². The number of nitrogens with one attached hydrogen (secondary N) is 1. The first-order valence-corrected chi connectivity index (χ1v) is 6.93. The van der Waals surface area contributed by atoms with Gasteiger partial charge < -0.3 is 16.0 Å². The standard InChI is InChI=1S/C11H19N3O2S/c1-7(5-12)13-10(16)8-6-17-11(2)4-3-9(15)14(8)11/h7-8H,3-6,12H2,1-2H3,(H,13,16)/t7-,8?,11?/m0/s1. The number of hydrogen-bond acceptors (Lipinski definition) is 4. The third-order valence-electron chi connectivity index (χ3n) is 3.49. The van der Waals surface area contributed by atoms with Crippen LogP contribution in [0, 0.1) is 0 Å². The summed E-state index contributed by atoms with van der Waals surface area (Å²) in [5.41, 5.74) is 5.48. The highest BCUT2D eigenvalue weighted by Gasteiger charge is 2.52. The molecule has 0 bridgehead atoms. The molecule has 2 rings (SSSR count). The van der Waals surface area contributed by atoms with Crippen LogP contribution in [0.3, 0.4) is 0 Å². The zero-order chi connectivity index (χ0) is 12.6. The molecule has 2 fully saturated rings. The van der Waals surface area contributed by atoms with Crippen molar-refractivity contribution in [3.63, 3.8) is 0 Å². The Balaban J connectivity index is 2.07. The van der Waals surface area contributed by atoms with E-state index < -0.39 is 0 Å². The highest BCUT2D eigenvalue weighted by molar-refractivity contribution is 8.01. The van der Waals surface area contributed by atoms with Crippen LogP contribution in [-0.4, -0.2) is 46.0 Å². The van der Waals surface area contributed by atoms with Crippen molar-refractivity contribution in [3.8, 4) is 0 Å². The van der Waals surface area contributed by atoms with E-state index in [0.717, 1.165) is 6.42 Å². The fourth-order valence-electron chi connectivity index (χ4n) is 2.41. The van der Waals surface area contributed by atoms with Gasteiger partial charge in [-0.15, -0.1) is 11.8 Å². The normalized spacial score (nSPS) is 33.7. The Morgan fingerprint density at radius 1 is 1.76 bits per heavy atom. The topological polar surface area (TPSA) is 75.4 Å². The molecule has 2 aliphatic heterocycles. The second kappa shape index (κ2) is 4.49. The Labute approximate surface area is 105 Å². The molecule has 0 aromatic heterocycles. The van der Waals surface area contributed by atoms with Crippen molar-refractivity contribution in [1.82, 2.24) is 10.2 Å². The molecule has 0 spiro atoms. The maximum atomic E-state index is 12.1. The number of rotatable bonds is 3. The average molecular weight is 257 g/mol.